The molecule has 0 saturated heterocycles. The zero-order valence-electron chi connectivity index (χ0n) is 24.8. The zero-order chi connectivity index (χ0) is 38.4. The Bertz CT molecular complexity index is 2640. The minimum atomic E-state index is -5.46. The number of anilines is 2. The lowest BCUT2D eigenvalue weighted by Gasteiger charge is -2.13. The van der Waals surface area contributed by atoms with E-state index in [4.69, 9.17) is 5.73 Å². The van der Waals surface area contributed by atoms with Crippen LogP contribution in [0.1, 0.15) is 6.92 Å². The third-order valence-corrected chi connectivity index (χ3v) is 10.5. The van der Waals surface area contributed by atoms with E-state index in [-0.39, 0.29) is 5.69 Å². The molecule has 0 heterocycles. The first-order chi connectivity index (χ1) is 23.3. The monoisotopic (exact) mass is 808 g/mol. The van der Waals surface area contributed by atoms with Gasteiger partial charge in [0.15, 0.2) is 16.8 Å². The van der Waals surface area contributed by atoms with Crippen molar-refractivity contribution in [3.8, 4) is 5.75 Å². The SMILES string of the molecule is CC(=O)Nc1cc(S(=O)(=O)O)c(N=Nc2c(S(=O)(=O)O)cc3c(N=Nc4ccc(S(=O)O)cc4S(=O)(=O)O)c(N)ccc3c2O)c(S(=O)(=O)O)c1. The zero-order valence-corrected chi connectivity index (χ0v) is 28.9. The largest absolute Gasteiger partial charge is 0.505 e. The third kappa shape index (κ3) is 8.56. The molecule has 4 aromatic rings. The number of nitrogens with two attached hydrogens (primary N) is 1. The molecule has 0 aliphatic carbocycles. The standard InChI is InChI=1S/C24H20N6O16S5/c1-10(31)26-11-6-18(49(38,39)40)22(19(7-11)50(41,42)43)29-30-23-20(51(44,45)46)9-14-13(24(23)32)3-4-15(25)21(14)28-27-16-5-2-12(47(33)34)8-17(16)48(35,36)37/h2-9,32H,25H2,1H3,(H,26,31)(H,33,34)(H,35,36,37)(H,38,39,40)(H,41,42,43)(H,44,45,46). The number of nitrogens with one attached hydrogen (secondary N) is 1. The molecule has 4 aromatic carbocycles. The van der Waals surface area contributed by atoms with E-state index in [2.05, 4.69) is 20.5 Å². The number of phenolic OH excluding ortho intramolecular Hbond substituents is 1. The Balaban J connectivity index is 2.03. The lowest BCUT2D eigenvalue weighted by Crippen LogP contribution is -2.10. The number of azo groups is 2. The van der Waals surface area contributed by atoms with Gasteiger partial charge in [-0.25, -0.2) is 4.21 Å². The molecule has 1 unspecified atom stereocenters. The summed E-state index contributed by atoms with van der Waals surface area (Å²) in [6.07, 6.45) is 0. The smallest absolute Gasteiger partial charge is 0.296 e. The lowest BCUT2D eigenvalue weighted by molar-refractivity contribution is -0.114. The van der Waals surface area contributed by atoms with E-state index in [0.29, 0.717) is 24.3 Å². The Hall–Kier alpha value is -4.84. The van der Waals surface area contributed by atoms with Gasteiger partial charge in [-0.3, -0.25) is 23.0 Å². The van der Waals surface area contributed by atoms with E-state index in [9.17, 15) is 70.5 Å². The number of phenols is 1. The van der Waals surface area contributed by atoms with Crippen molar-refractivity contribution in [1.29, 1.82) is 0 Å². The molecule has 0 bridgehead atoms. The number of nitrogen functional groups attached to an aromatic ring is 1. The van der Waals surface area contributed by atoms with Crippen LogP contribution in [0, 0.1) is 0 Å². The first kappa shape index (κ1) is 39.0. The normalized spacial score (nSPS) is 13.6. The van der Waals surface area contributed by atoms with Gasteiger partial charge in [-0.15, -0.1) is 20.5 Å². The minimum Gasteiger partial charge on any atom is -0.505 e. The van der Waals surface area contributed by atoms with Gasteiger partial charge in [0.1, 0.15) is 42.3 Å². The fourth-order valence-electron chi connectivity index (χ4n) is 4.27. The number of hydrogen-bond acceptors (Lipinski definition) is 16. The highest BCUT2D eigenvalue weighted by molar-refractivity contribution is 7.87. The molecule has 0 spiro atoms. The molecular weight excluding hydrogens is 789 g/mol. The molecule has 272 valence electrons. The van der Waals surface area contributed by atoms with Crippen molar-refractivity contribution in [3.63, 3.8) is 0 Å². The number of fused-ring (bicyclic) bond motifs is 1. The van der Waals surface area contributed by atoms with Gasteiger partial charge in [-0.1, -0.05) is 0 Å². The Kier molecular flexibility index (Phi) is 10.5. The number of hydrogen-bond donors (Lipinski definition) is 8. The average molecular weight is 809 g/mol. The predicted molar refractivity (Wildman–Crippen MR) is 174 cm³/mol. The molecule has 1 amide bonds. The highest BCUT2D eigenvalue weighted by Crippen LogP contribution is 2.47. The van der Waals surface area contributed by atoms with Gasteiger partial charge in [-0.2, -0.15) is 33.7 Å². The maximum Gasteiger partial charge on any atom is 0.296 e. The Morgan fingerprint density at radius 1 is 0.667 bits per heavy atom. The van der Waals surface area contributed by atoms with Crippen LogP contribution in [0.15, 0.2) is 93.5 Å². The van der Waals surface area contributed by atoms with Gasteiger partial charge in [0.05, 0.1) is 10.6 Å². The fraction of sp³-hybridized carbons (Fsp3) is 0.0417. The van der Waals surface area contributed by atoms with E-state index in [1.807, 2.05) is 5.32 Å². The van der Waals surface area contributed by atoms with Crippen LogP contribution in [-0.2, 0) is 56.3 Å². The second-order valence-electron chi connectivity index (χ2n) is 9.85. The number of rotatable bonds is 10. The quantitative estimate of drug-likeness (QED) is 0.0492. The lowest BCUT2D eigenvalue weighted by atomic mass is 10.1. The molecule has 27 heteroatoms. The van der Waals surface area contributed by atoms with Crippen molar-refractivity contribution in [3.05, 3.63) is 48.5 Å². The van der Waals surface area contributed by atoms with Gasteiger partial charge in [0.25, 0.3) is 40.5 Å². The minimum absolute atomic E-state index is 0.308. The molecule has 0 radical (unpaired) electrons. The molecule has 9 N–H and O–H groups in total. The van der Waals surface area contributed by atoms with E-state index in [1.54, 1.807) is 0 Å². The van der Waals surface area contributed by atoms with E-state index < -0.39 is 127 Å². The molecule has 0 aliphatic rings. The van der Waals surface area contributed by atoms with E-state index >= 15 is 0 Å². The summed E-state index contributed by atoms with van der Waals surface area (Å²) in [7, 11) is -21.4. The fourth-order valence-corrected chi connectivity index (χ4v) is 7.45. The number of amides is 1. The molecule has 51 heavy (non-hydrogen) atoms. The van der Waals surface area contributed by atoms with Crippen molar-refractivity contribution in [1.82, 2.24) is 0 Å². The van der Waals surface area contributed by atoms with E-state index in [1.165, 1.54) is 0 Å². The van der Waals surface area contributed by atoms with Crippen LogP contribution in [0.2, 0.25) is 0 Å². The first-order valence-electron chi connectivity index (χ1n) is 12.8. The summed E-state index contributed by atoms with van der Waals surface area (Å²) in [5.74, 6) is -2.01. The van der Waals surface area contributed by atoms with Crippen LogP contribution in [0.25, 0.3) is 10.8 Å². The summed E-state index contributed by atoms with van der Waals surface area (Å²) >= 11 is -2.68. The maximum absolute atomic E-state index is 12.5. The maximum atomic E-state index is 12.5. The molecule has 0 saturated carbocycles. The summed E-state index contributed by atoms with van der Waals surface area (Å²) in [6, 6.07) is 6.18. The Morgan fingerprint density at radius 2 is 1.16 bits per heavy atom. The molecule has 4 rings (SSSR count). The van der Waals surface area contributed by atoms with Gasteiger partial charge < -0.3 is 20.7 Å². The van der Waals surface area contributed by atoms with Crippen LogP contribution >= 0.6 is 0 Å². The van der Waals surface area contributed by atoms with Crippen molar-refractivity contribution >= 4 is 102 Å². The molecule has 0 fully saturated rings. The van der Waals surface area contributed by atoms with Crippen molar-refractivity contribution in [2.75, 3.05) is 11.1 Å². The predicted octanol–water partition coefficient (Wildman–Crippen LogP) is 3.48. The molecule has 0 aliphatic heterocycles. The number of benzene rings is 4. The van der Waals surface area contributed by atoms with Gasteiger partial charge in [0, 0.05) is 23.4 Å². The summed E-state index contributed by atoms with van der Waals surface area (Å²) in [5, 5.41) is 26.5. The second-order valence-corrected chi connectivity index (χ2v) is 16.4. The summed E-state index contributed by atoms with van der Waals surface area (Å²) in [5.41, 5.74) is 1.46. The highest BCUT2D eigenvalue weighted by Gasteiger charge is 2.29. The van der Waals surface area contributed by atoms with Crippen LogP contribution in [0.5, 0.6) is 5.75 Å². The number of aromatic hydroxyl groups is 1. The topological polar surface area (TPSA) is 380 Å². The van der Waals surface area contributed by atoms with Crippen LogP contribution < -0.4 is 11.1 Å². The Morgan fingerprint density at radius 3 is 1.65 bits per heavy atom. The van der Waals surface area contributed by atoms with Crippen molar-refractivity contribution < 1.29 is 70.5 Å². The summed E-state index contributed by atoms with van der Waals surface area (Å²) < 4.78 is 157. The van der Waals surface area contributed by atoms with Crippen molar-refractivity contribution in [2.45, 2.75) is 31.4 Å². The molecule has 1 atom stereocenters. The van der Waals surface area contributed by atoms with Gasteiger partial charge in [-0.05, 0) is 48.5 Å². The number of nitrogens with zero attached hydrogens (tertiary/aromatic N) is 4. The van der Waals surface area contributed by atoms with Crippen molar-refractivity contribution in [2.24, 2.45) is 20.5 Å². The van der Waals surface area contributed by atoms with Crippen LogP contribution in [-0.4, -0.2) is 71.7 Å². The van der Waals surface area contributed by atoms with Crippen LogP contribution in [0.3, 0.4) is 0 Å². The van der Waals surface area contributed by atoms with Gasteiger partial charge in [0.2, 0.25) is 5.91 Å². The first-order valence-corrected chi connectivity index (χ1v) is 19.7. The third-order valence-electron chi connectivity index (χ3n) is 6.35. The Labute approximate surface area is 289 Å². The molecule has 22 nitrogen and oxygen atoms in total. The average Bonchev–Trinajstić information content (AvgIpc) is 2.97. The summed E-state index contributed by atoms with van der Waals surface area (Å²) in [4.78, 5) is 6.01. The number of carbonyl (C=O) groups excluding carboxylic acids is 1. The highest BCUT2D eigenvalue weighted by atomic mass is 32.2. The molecule has 0 aromatic heterocycles. The number of carbonyl (C=O) groups is 1. The van der Waals surface area contributed by atoms with Crippen LogP contribution in [0.4, 0.5) is 34.1 Å². The van der Waals surface area contributed by atoms with E-state index in [0.717, 1.165) is 31.2 Å². The second kappa shape index (κ2) is 13.7. The summed E-state index contributed by atoms with van der Waals surface area (Å²) in [6.45, 7) is 0.948. The van der Waals surface area contributed by atoms with Gasteiger partial charge >= 0.3 is 0 Å². The molecular formula is C24H20N6O16S5.